The minimum Gasteiger partial charge on any atom is -0.272 e. The van der Waals surface area contributed by atoms with Crippen LogP contribution < -0.4 is 5.01 Å². The SMILES string of the molecule is CCC1C(=O)N(c2cccc(F)c2)N=C1C. The smallest absolute Gasteiger partial charge is 0.256 e. The lowest BCUT2D eigenvalue weighted by molar-refractivity contribution is -0.119. The zero-order valence-electron chi connectivity index (χ0n) is 9.27. The molecule has 0 saturated carbocycles. The molecule has 1 amide bonds. The van der Waals surface area contributed by atoms with Crippen molar-refractivity contribution < 1.29 is 9.18 Å². The van der Waals surface area contributed by atoms with Gasteiger partial charge in [0.25, 0.3) is 5.91 Å². The summed E-state index contributed by atoms with van der Waals surface area (Å²) in [5.41, 5.74) is 1.28. The maximum Gasteiger partial charge on any atom is 0.256 e. The number of amides is 1. The Bertz CT molecular complexity index is 456. The molecule has 1 aliphatic heterocycles. The molecule has 16 heavy (non-hydrogen) atoms. The highest BCUT2D eigenvalue weighted by molar-refractivity contribution is 6.14. The standard InChI is InChI=1S/C12H13FN2O/c1-3-11-8(2)14-15(12(11)16)10-6-4-5-9(13)7-10/h4-7,11H,3H2,1-2H3. The van der Waals surface area contributed by atoms with Crippen LogP contribution in [0.25, 0.3) is 0 Å². The van der Waals surface area contributed by atoms with Gasteiger partial charge in [0.15, 0.2) is 0 Å². The van der Waals surface area contributed by atoms with Gasteiger partial charge in [0, 0.05) is 5.71 Å². The van der Waals surface area contributed by atoms with E-state index >= 15 is 0 Å². The van der Waals surface area contributed by atoms with Gasteiger partial charge in [0.1, 0.15) is 5.82 Å². The summed E-state index contributed by atoms with van der Waals surface area (Å²) in [6.45, 7) is 3.77. The monoisotopic (exact) mass is 220 g/mol. The number of carbonyl (C=O) groups excluding carboxylic acids is 1. The number of anilines is 1. The first kappa shape index (κ1) is 10.8. The van der Waals surface area contributed by atoms with Gasteiger partial charge in [-0.15, -0.1) is 0 Å². The summed E-state index contributed by atoms with van der Waals surface area (Å²) in [4.78, 5) is 11.9. The lowest BCUT2D eigenvalue weighted by Crippen LogP contribution is -2.26. The molecule has 0 spiro atoms. The van der Waals surface area contributed by atoms with Crippen molar-refractivity contribution in [2.75, 3.05) is 5.01 Å². The Morgan fingerprint density at radius 2 is 2.25 bits per heavy atom. The van der Waals surface area contributed by atoms with Gasteiger partial charge >= 0.3 is 0 Å². The molecule has 4 heteroatoms. The lowest BCUT2D eigenvalue weighted by Gasteiger charge is -2.13. The average Bonchev–Trinajstić information content (AvgIpc) is 2.54. The molecular formula is C12H13FN2O. The van der Waals surface area contributed by atoms with Crippen LogP contribution in [0.3, 0.4) is 0 Å². The Kier molecular flexibility index (Phi) is 2.73. The molecule has 1 aromatic carbocycles. The molecule has 0 aliphatic carbocycles. The third-order valence-corrected chi connectivity index (χ3v) is 2.73. The molecule has 1 heterocycles. The highest BCUT2D eigenvalue weighted by Gasteiger charge is 2.32. The number of hydrazone groups is 1. The number of benzene rings is 1. The summed E-state index contributed by atoms with van der Waals surface area (Å²) < 4.78 is 13.0. The maximum absolute atomic E-state index is 13.0. The first-order valence-electron chi connectivity index (χ1n) is 5.28. The molecule has 0 N–H and O–H groups in total. The molecule has 1 unspecified atom stereocenters. The number of rotatable bonds is 2. The zero-order chi connectivity index (χ0) is 11.7. The van der Waals surface area contributed by atoms with E-state index in [0.717, 1.165) is 12.1 Å². The fraction of sp³-hybridized carbons (Fsp3) is 0.333. The number of carbonyl (C=O) groups is 1. The number of halogens is 1. The summed E-state index contributed by atoms with van der Waals surface area (Å²) in [7, 11) is 0. The maximum atomic E-state index is 13.0. The summed E-state index contributed by atoms with van der Waals surface area (Å²) in [6.07, 6.45) is 0.722. The van der Waals surface area contributed by atoms with Crippen molar-refractivity contribution in [1.29, 1.82) is 0 Å². The van der Waals surface area contributed by atoms with Crippen LogP contribution in [-0.2, 0) is 4.79 Å². The van der Waals surface area contributed by atoms with E-state index in [1.165, 1.54) is 17.1 Å². The summed E-state index contributed by atoms with van der Waals surface area (Å²) >= 11 is 0. The molecule has 0 saturated heterocycles. The second kappa shape index (κ2) is 4.04. The lowest BCUT2D eigenvalue weighted by atomic mass is 10.0. The van der Waals surface area contributed by atoms with Gasteiger partial charge in [-0.3, -0.25) is 4.79 Å². The number of nitrogens with zero attached hydrogens (tertiary/aromatic N) is 2. The van der Waals surface area contributed by atoms with Gasteiger partial charge in [-0.05, 0) is 31.5 Å². The van der Waals surface area contributed by atoms with Crippen LogP contribution in [0, 0.1) is 11.7 Å². The fourth-order valence-corrected chi connectivity index (χ4v) is 1.87. The Balaban J connectivity index is 2.34. The Hall–Kier alpha value is -1.71. The normalized spacial score (nSPS) is 20.2. The summed E-state index contributed by atoms with van der Waals surface area (Å²) in [5, 5.41) is 5.45. The molecule has 1 aliphatic rings. The predicted octanol–water partition coefficient (Wildman–Crippen LogP) is 2.57. The van der Waals surface area contributed by atoms with E-state index in [2.05, 4.69) is 5.10 Å². The third-order valence-electron chi connectivity index (χ3n) is 2.73. The molecule has 3 nitrogen and oxygen atoms in total. The van der Waals surface area contributed by atoms with Crippen molar-refractivity contribution in [1.82, 2.24) is 0 Å². The zero-order valence-corrected chi connectivity index (χ0v) is 9.27. The van der Waals surface area contributed by atoms with Crippen LogP contribution in [0.5, 0.6) is 0 Å². The van der Waals surface area contributed by atoms with Crippen LogP contribution in [0.2, 0.25) is 0 Å². The van der Waals surface area contributed by atoms with Crippen LogP contribution in [0.15, 0.2) is 29.4 Å². The molecular weight excluding hydrogens is 207 g/mol. The van der Waals surface area contributed by atoms with E-state index in [4.69, 9.17) is 0 Å². The first-order valence-corrected chi connectivity index (χ1v) is 5.28. The highest BCUT2D eigenvalue weighted by Crippen LogP contribution is 2.25. The van der Waals surface area contributed by atoms with E-state index in [-0.39, 0.29) is 17.6 Å². The average molecular weight is 220 g/mol. The topological polar surface area (TPSA) is 32.7 Å². The minimum absolute atomic E-state index is 0.0781. The second-order valence-corrected chi connectivity index (χ2v) is 3.83. The van der Waals surface area contributed by atoms with Crippen molar-refractivity contribution in [3.63, 3.8) is 0 Å². The van der Waals surface area contributed by atoms with Gasteiger partial charge in [-0.1, -0.05) is 13.0 Å². The Morgan fingerprint density at radius 1 is 1.50 bits per heavy atom. The molecule has 0 fully saturated rings. The van der Waals surface area contributed by atoms with Gasteiger partial charge in [0.05, 0.1) is 11.6 Å². The van der Waals surface area contributed by atoms with Crippen molar-refractivity contribution in [3.05, 3.63) is 30.1 Å². The second-order valence-electron chi connectivity index (χ2n) is 3.83. The molecule has 1 aromatic rings. The van der Waals surface area contributed by atoms with Crippen LogP contribution in [-0.4, -0.2) is 11.6 Å². The molecule has 2 rings (SSSR count). The van der Waals surface area contributed by atoms with Gasteiger partial charge < -0.3 is 0 Å². The van der Waals surface area contributed by atoms with Gasteiger partial charge in [-0.25, -0.2) is 9.40 Å². The number of hydrogen-bond donors (Lipinski definition) is 0. The Morgan fingerprint density at radius 3 is 2.81 bits per heavy atom. The van der Waals surface area contributed by atoms with Crippen molar-refractivity contribution in [3.8, 4) is 0 Å². The van der Waals surface area contributed by atoms with Crippen molar-refractivity contribution >= 4 is 17.3 Å². The van der Waals surface area contributed by atoms with Crippen molar-refractivity contribution in [2.45, 2.75) is 20.3 Å². The largest absolute Gasteiger partial charge is 0.272 e. The fourth-order valence-electron chi connectivity index (χ4n) is 1.87. The molecule has 84 valence electrons. The predicted molar refractivity (Wildman–Crippen MR) is 60.8 cm³/mol. The van der Waals surface area contributed by atoms with Crippen LogP contribution >= 0.6 is 0 Å². The van der Waals surface area contributed by atoms with Gasteiger partial charge in [0.2, 0.25) is 0 Å². The molecule has 0 aromatic heterocycles. The van der Waals surface area contributed by atoms with E-state index in [1.807, 2.05) is 13.8 Å². The summed E-state index contributed by atoms with van der Waals surface area (Å²) in [6, 6.07) is 5.91. The minimum atomic E-state index is -0.363. The third kappa shape index (κ3) is 1.71. The van der Waals surface area contributed by atoms with Crippen LogP contribution in [0.4, 0.5) is 10.1 Å². The molecule has 0 bridgehead atoms. The van der Waals surface area contributed by atoms with Gasteiger partial charge in [-0.2, -0.15) is 5.10 Å². The van der Waals surface area contributed by atoms with E-state index < -0.39 is 0 Å². The van der Waals surface area contributed by atoms with E-state index in [1.54, 1.807) is 12.1 Å². The summed E-state index contributed by atoms with van der Waals surface area (Å²) in [5.74, 6) is -0.605. The number of hydrogen-bond acceptors (Lipinski definition) is 2. The molecule has 0 radical (unpaired) electrons. The quantitative estimate of drug-likeness (QED) is 0.754. The van der Waals surface area contributed by atoms with E-state index in [9.17, 15) is 9.18 Å². The molecule has 1 atom stereocenters. The first-order chi connectivity index (χ1) is 7.63. The highest BCUT2D eigenvalue weighted by atomic mass is 19.1. The van der Waals surface area contributed by atoms with Crippen molar-refractivity contribution in [2.24, 2.45) is 11.0 Å². The Labute approximate surface area is 93.6 Å². The van der Waals surface area contributed by atoms with Crippen LogP contribution in [0.1, 0.15) is 20.3 Å². The van der Waals surface area contributed by atoms with E-state index in [0.29, 0.717) is 5.69 Å².